The van der Waals surface area contributed by atoms with E-state index in [0.29, 0.717) is 24.8 Å². The standard InChI is InChI=1S/C15H27N3O2/c1-6-13(20-7-2)10-16-15(19)14-9-12(8-11(3)4)17-18(14)5/h9,11,13H,6-8,10H2,1-5H3,(H,16,19)/t13-/m1/s1. The molecule has 0 saturated carbocycles. The number of ether oxygens (including phenoxy) is 1. The number of aryl methyl sites for hydroxylation is 1. The van der Waals surface area contributed by atoms with E-state index in [1.165, 1.54) is 0 Å². The van der Waals surface area contributed by atoms with Crippen molar-refractivity contribution < 1.29 is 9.53 Å². The van der Waals surface area contributed by atoms with Crippen molar-refractivity contribution in [2.24, 2.45) is 13.0 Å². The van der Waals surface area contributed by atoms with Crippen LogP contribution in [0.1, 0.15) is 50.3 Å². The number of carbonyl (C=O) groups excluding carboxylic acids is 1. The van der Waals surface area contributed by atoms with Crippen molar-refractivity contribution in [1.29, 1.82) is 0 Å². The van der Waals surface area contributed by atoms with Crippen LogP contribution < -0.4 is 5.32 Å². The van der Waals surface area contributed by atoms with Crippen molar-refractivity contribution in [2.45, 2.75) is 46.6 Å². The summed E-state index contributed by atoms with van der Waals surface area (Å²) in [5.74, 6) is 0.441. The lowest BCUT2D eigenvalue weighted by atomic mass is 10.1. The molecule has 114 valence electrons. The summed E-state index contributed by atoms with van der Waals surface area (Å²) >= 11 is 0. The van der Waals surface area contributed by atoms with Crippen LogP contribution in [0.25, 0.3) is 0 Å². The maximum Gasteiger partial charge on any atom is 0.269 e. The minimum Gasteiger partial charge on any atom is -0.377 e. The van der Waals surface area contributed by atoms with Gasteiger partial charge in [0.2, 0.25) is 0 Å². The van der Waals surface area contributed by atoms with Gasteiger partial charge in [-0.15, -0.1) is 0 Å². The van der Waals surface area contributed by atoms with Crippen LogP contribution in [0.2, 0.25) is 0 Å². The molecule has 0 aliphatic carbocycles. The summed E-state index contributed by atoms with van der Waals surface area (Å²) in [6.45, 7) is 9.50. The fraction of sp³-hybridized carbons (Fsp3) is 0.733. The molecule has 1 atom stereocenters. The van der Waals surface area contributed by atoms with Gasteiger partial charge in [0.1, 0.15) is 5.69 Å². The number of amides is 1. The Labute approximate surface area is 121 Å². The topological polar surface area (TPSA) is 56.1 Å². The van der Waals surface area contributed by atoms with Gasteiger partial charge in [0.15, 0.2) is 0 Å². The Hall–Kier alpha value is -1.36. The van der Waals surface area contributed by atoms with Gasteiger partial charge in [-0.1, -0.05) is 20.8 Å². The average molecular weight is 281 g/mol. The van der Waals surface area contributed by atoms with Crippen molar-refractivity contribution in [3.8, 4) is 0 Å². The highest BCUT2D eigenvalue weighted by Crippen LogP contribution is 2.09. The zero-order chi connectivity index (χ0) is 15.1. The maximum atomic E-state index is 12.2. The third-order valence-electron chi connectivity index (χ3n) is 3.13. The van der Waals surface area contributed by atoms with Crippen molar-refractivity contribution in [2.75, 3.05) is 13.2 Å². The predicted molar refractivity (Wildman–Crippen MR) is 79.8 cm³/mol. The molecule has 0 spiro atoms. The Morgan fingerprint density at radius 2 is 2.15 bits per heavy atom. The summed E-state index contributed by atoms with van der Waals surface area (Å²) in [5.41, 5.74) is 1.57. The van der Waals surface area contributed by atoms with E-state index < -0.39 is 0 Å². The number of rotatable bonds is 8. The van der Waals surface area contributed by atoms with Gasteiger partial charge in [-0.2, -0.15) is 5.10 Å². The molecule has 0 unspecified atom stereocenters. The molecule has 0 aliphatic rings. The van der Waals surface area contributed by atoms with Gasteiger partial charge in [-0.05, 0) is 31.7 Å². The van der Waals surface area contributed by atoms with Gasteiger partial charge in [-0.25, -0.2) is 0 Å². The Morgan fingerprint density at radius 3 is 2.70 bits per heavy atom. The van der Waals surface area contributed by atoms with Crippen LogP contribution in [0.5, 0.6) is 0 Å². The minimum atomic E-state index is -0.0897. The van der Waals surface area contributed by atoms with Crippen LogP contribution >= 0.6 is 0 Å². The fourth-order valence-electron chi connectivity index (χ4n) is 2.11. The molecule has 1 N–H and O–H groups in total. The van der Waals surface area contributed by atoms with Crippen LogP contribution in [0.3, 0.4) is 0 Å². The van der Waals surface area contributed by atoms with E-state index in [1.54, 1.807) is 11.7 Å². The SMILES string of the molecule is CCO[C@H](CC)CNC(=O)c1cc(CC(C)C)nn1C. The van der Waals surface area contributed by atoms with Gasteiger partial charge in [-0.3, -0.25) is 9.48 Å². The summed E-state index contributed by atoms with van der Waals surface area (Å²) < 4.78 is 7.18. The van der Waals surface area contributed by atoms with Crippen LogP contribution in [0, 0.1) is 5.92 Å². The Balaban J connectivity index is 2.61. The Bertz CT molecular complexity index is 427. The van der Waals surface area contributed by atoms with E-state index in [1.807, 2.05) is 13.0 Å². The predicted octanol–water partition coefficient (Wildman–Crippen LogP) is 2.16. The molecule has 1 aromatic rings. The summed E-state index contributed by atoms with van der Waals surface area (Å²) in [6.07, 6.45) is 1.85. The highest BCUT2D eigenvalue weighted by Gasteiger charge is 2.15. The first kappa shape index (κ1) is 16.7. The second kappa shape index (κ2) is 8.04. The second-order valence-electron chi connectivity index (χ2n) is 5.44. The molecule has 0 aliphatic heterocycles. The molecule has 0 bridgehead atoms. The number of hydrogen-bond donors (Lipinski definition) is 1. The smallest absolute Gasteiger partial charge is 0.269 e. The number of nitrogens with one attached hydrogen (secondary N) is 1. The van der Waals surface area contributed by atoms with E-state index in [4.69, 9.17) is 4.74 Å². The Morgan fingerprint density at radius 1 is 1.45 bits per heavy atom. The van der Waals surface area contributed by atoms with Crippen LogP contribution in [0.4, 0.5) is 0 Å². The summed E-state index contributed by atoms with van der Waals surface area (Å²) in [6, 6.07) is 1.87. The molecule has 0 radical (unpaired) electrons. The second-order valence-corrected chi connectivity index (χ2v) is 5.44. The molecular formula is C15H27N3O2. The summed E-state index contributed by atoms with van der Waals surface area (Å²) in [5, 5.41) is 7.30. The lowest BCUT2D eigenvalue weighted by Crippen LogP contribution is -2.34. The minimum absolute atomic E-state index is 0.0762. The van der Waals surface area contributed by atoms with E-state index in [0.717, 1.165) is 18.5 Å². The normalized spacial score (nSPS) is 12.7. The van der Waals surface area contributed by atoms with Gasteiger partial charge >= 0.3 is 0 Å². The zero-order valence-electron chi connectivity index (χ0n) is 13.3. The molecule has 1 heterocycles. The largest absolute Gasteiger partial charge is 0.377 e. The summed E-state index contributed by atoms with van der Waals surface area (Å²) in [7, 11) is 1.80. The number of hydrogen-bond acceptors (Lipinski definition) is 3. The third kappa shape index (κ3) is 4.96. The molecule has 1 aromatic heterocycles. The van der Waals surface area contributed by atoms with Crippen molar-refractivity contribution in [3.63, 3.8) is 0 Å². The maximum absolute atomic E-state index is 12.2. The van der Waals surface area contributed by atoms with E-state index in [9.17, 15) is 4.79 Å². The van der Waals surface area contributed by atoms with Crippen LogP contribution in [-0.4, -0.2) is 34.9 Å². The first-order chi connectivity index (χ1) is 9.47. The van der Waals surface area contributed by atoms with E-state index >= 15 is 0 Å². The van der Waals surface area contributed by atoms with Gasteiger partial charge in [0.25, 0.3) is 5.91 Å². The lowest BCUT2D eigenvalue weighted by molar-refractivity contribution is 0.0566. The average Bonchev–Trinajstić information content (AvgIpc) is 2.74. The molecule has 0 fully saturated rings. The van der Waals surface area contributed by atoms with Crippen molar-refractivity contribution in [3.05, 3.63) is 17.5 Å². The van der Waals surface area contributed by atoms with Gasteiger partial charge in [0.05, 0.1) is 11.8 Å². The molecule has 0 saturated heterocycles. The first-order valence-corrected chi connectivity index (χ1v) is 7.40. The van der Waals surface area contributed by atoms with Crippen LogP contribution in [-0.2, 0) is 18.2 Å². The van der Waals surface area contributed by atoms with E-state index in [-0.39, 0.29) is 12.0 Å². The third-order valence-corrected chi connectivity index (χ3v) is 3.13. The van der Waals surface area contributed by atoms with Gasteiger partial charge in [0, 0.05) is 20.2 Å². The number of nitrogens with zero attached hydrogens (tertiary/aromatic N) is 2. The first-order valence-electron chi connectivity index (χ1n) is 7.40. The quantitative estimate of drug-likeness (QED) is 0.794. The lowest BCUT2D eigenvalue weighted by Gasteiger charge is -2.15. The summed E-state index contributed by atoms with van der Waals surface area (Å²) in [4.78, 5) is 12.2. The monoisotopic (exact) mass is 281 g/mol. The molecule has 1 rings (SSSR count). The molecular weight excluding hydrogens is 254 g/mol. The molecule has 5 nitrogen and oxygen atoms in total. The number of carbonyl (C=O) groups is 1. The van der Waals surface area contributed by atoms with E-state index in [2.05, 4.69) is 31.2 Å². The van der Waals surface area contributed by atoms with Crippen molar-refractivity contribution >= 4 is 5.91 Å². The molecule has 1 amide bonds. The Kier molecular flexibility index (Phi) is 6.71. The molecule has 5 heteroatoms. The highest BCUT2D eigenvalue weighted by atomic mass is 16.5. The highest BCUT2D eigenvalue weighted by molar-refractivity contribution is 5.92. The van der Waals surface area contributed by atoms with Crippen molar-refractivity contribution in [1.82, 2.24) is 15.1 Å². The van der Waals surface area contributed by atoms with Gasteiger partial charge < -0.3 is 10.1 Å². The zero-order valence-corrected chi connectivity index (χ0v) is 13.3. The van der Waals surface area contributed by atoms with Crippen LogP contribution in [0.15, 0.2) is 6.07 Å². The number of aromatic nitrogens is 2. The molecule has 0 aromatic carbocycles. The fourth-order valence-corrected chi connectivity index (χ4v) is 2.11. The molecule has 20 heavy (non-hydrogen) atoms.